The van der Waals surface area contributed by atoms with Gasteiger partial charge in [-0.05, 0) is 61.8 Å². The molecule has 4 aliphatic carbocycles. The molecule has 4 saturated carbocycles. The van der Waals surface area contributed by atoms with Gasteiger partial charge in [0.05, 0.1) is 4.88 Å². The lowest BCUT2D eigenvalue weighted by Crippen LogP contribution is -2.58. The van der Waals surface area contributed by atoms with Crippen molar-refractivity contribution in [2.24, 2.45) is 17.8 Å². The van der Waals surface area contributed by atoms with Gasteiger partial charge in [0.2, 0.25) is 0 Å². The van der Waals surface area contributed by atoms with Crippen LogP contribution >= 0.6 is 11.3 Å². The zero-order valence-corrected chi connectivity index (χ0v) is 14.3. The van der Waals surface area contributed by atoms with Gasteiger partial charge >= 0.3 is 0 Å². The Morgan fingerprint density at radius 3 is 2.30 bits per heavy atom. The minimum Gasteiger partial charge on any atom is -0.305 e. The van der Waals surface area contributed by atoms with Crippen LogP contribution in [0.15, 0.2) is 36.5 Å². The summed E-state index contributed by atoms with van der Waals surface area (Å²) < 4.78 is 0. The third kappa shape index (κ3) is 2.64. The number of aromatic nitrogens is 1. The summed E-state index contributed by atoms with van der Waals surface area (Å²) in [6, 6.07) is 10.6. The fraction of sp³-hybridized carbons (Fsp3) is 0.550. The molecule has 1 aromatic carbocycles. The number of benzene rings is 1. The van der Waals surface area contributed by atoms with Crippen LogP contribution in [-0.4, -0.2) is 10.5 Å². The van der Waals surface area contributed by atoms with E-state index >= 15 is 0 Å². The normalized spacial score (nSPS) is 34.9. The predicted octanol–water partition coefficient (Wildman–Crippen LogP) is 4.87. The van der Waals surface area contributed by atoms with Gasteiger partial charge in [0.25, 0.3) is 0 Å². The second-order valence-corrected chi connectivity index (χ2v) is 9.15. The largest absolute Gasteiger partial charge is 0.305 e. The molecule has 0 radical (unpaired) electrons. The van der Waals surface area contributed by atoms with E-state index in [2.05, 4.69) is 40.6 Å². The third-order valence-corrected chi connectivity index (χ3v) is 7.31. The standard InChI is InChI=1S/C20H24N2S/c1-2-4-17(5-3-1)18-12-21-19(23-18)13-22-20-9-14-6-15(10-20)8-16(7-14)11-20/h1-5,12,14-16,22H,6-11,13H2. The molecule has 1 heterocycles. The highest BCUT2D eigenvalue weighted by atomic mass is 32.1. The first-order chi connectivity index (χ1) is 11.3. The molecule has 0 amide bonds. The molecule has 6 rings (SSSR count). The molecule has 2 aromatic rings. The van der Waals surface area contributed by atoms with Crippen molar-refractivity contribution in [2.45, 2.75) is 50.6 Å². The number of thiazole rings is 1. The van der Waals surface area contributed by atoms with E-state index in [1.54, 1.807) is 0 Å². The Balaban J connectivity index is 1.29. The van der Waals surface area contributed by atoms with E-state index in [1.165, 1.54) is 54.0 Å². The van der Waals surface area contributed by atoms with Crippen LogP contribution in [0.1, 0.15) is 43.5 Å². The first-order valence-corrected chi connectivity index (χ1v) is 9.85. The molecule has 23 heavy (non-hydrogen) atoms. The van der Waals surface area contributed by atoms with Gasteiger partial charge < -0.3 is 5.32 Å². The van der Waals surface area contributed by atoms with Crippen molar-refractivity contribution < 1.29 is 0 Å². The Morgan fingerprint density at radius 1 is 1.00 bits per heavy atom. The fourth-order valence-electron chi connectivity index (χ4n) is 5.72. The molecule has 3 heteroatoms. The molecular formula is C20H24N2S. The van der Waals surface area contributed by atoms with Crippen molar-refractivity contribution in [2.75, 3.05) is 0 Å². The summed E-state index contributed by atoms with van der Waals surface area (Å²) in [5.41, 5.74) is 1.72. The van der Waals surface area contributed by atoms with E-state index < -0.39 is 0 Å². The summed E-state index contributed by atoms with van der Waals surface area (Å²) in [7, 11) is 0. The average Bonchev–Trinajstić information content (AvgIpc) is 3.02. The lowest BCUT2D eigenvalue weighted by atomic mass is 9.53. The Bertz CT molecular complexity index is 655. The van der Waals surface area contributed by atoms with E-state index in [9.17, 15) is 0 Å². The van der Waals surface area contributed by atoms with Gasteiger partial charge in [0.1, 0.15) is 5.01 Å². The highest BCUT2D eigenvalue weighted by Crippen LogP contribution is 2.55. The number of nitrogens with zero attached hydrogens (tertiary/aromatic N) is 1. The van der Waals surface area contributed by atoms with Crippen LogP contribution in [0.25, 0.3) is 10.4 Å². The van der Waals surface area contributed by atoms with E-state index in [0.717, 1.165) is 24.3 Å². The summed E-state index contributed by atoms with van der Waals surface area (Å²) in [5.74, 6) is 3.01. The van der Waals surface area contributed by atoms with Gasteiger partial charge in [-0.15, -0.1) is 11.3 Å². The maximum absolute atomic E-state index is 4.67. The molecule has 0 spiro atoms. The molecule has 0 aliphatic heterocycles. The lowest BCUT2D eigenvalue weighted by molar-refractivity contribution is -0.0206. The van der Waals surface area contributed by atoms with E-state index in [-0.39, 0.29) is 0 Å². The van der Waals surface area contributed by atoms with Crippen LogP contribution in [0.2, 0.25) is 0 Å². The Labute approximate surface area is 142 Å². The molecule has 4 fully saturated rings. The minimum absolute atomic E-state index is 0.438. The Hall–Kier alpha value is -1.19. The quantitative estimate of drug-likeness (QED) is 0.868. The topological polar surface area (TPSA) is 24.9 Å². The van der Waals surface area contributed by atoms with Crippen LogP contribution in [0.5, 0.6) is 0 Å². The first kappa shape index (κ1) is 14.2. The van der Waals surface area contributed by atoms with Gasteiger partial charge in [-0.2, -0.15) is 0 Å². The summed E-state index contributed by atoms with van der Waals surface area (Å²) >= 11 is 1.84. The summed E-state index contributed by atoms with van der Waals surface area (Å²) in [5, 5.41) is 5.19. The van der Waals surface area contributed by atoms with Crippen molar-refractivity contribution in [3.8, 4) is 10.4 Å². The third-order valence-electron chi connectivity index (χ3n) is 6.26. The SMILES string of the molecule is c1ccc(-c2cnc(CNC34CC5CC(CC(C5)C3)C4)s2)cc1. The van der Waals surface area contributed by atoms with Crippen LogP contribution in [0.4, 0.5) is 0 Å². The zero-order valence-electron chi connectivity index (χ0n) is 13.5. The first-order valence-electron chi connectivity index (χ1n) is 9.03. The Morgan fingerprint density at radius 2 is 1.65 bits per heavy atom. The van der Waals surface area contributed by atoms with Crippen molar-refractivity contribution >= 4 is 11.3 Å². The second-order valence-electron chi connectivity index (χ2n) is 8.04. The lowest BCUT2D eigenvalue weighted by Gasteiger charge is -2.57. The van der Waals surface area contributed by atoms with Crippen molar-refractivity contribution in [1.29, 1.82) is 0 Å². The Kier molecular flexibility index (Phi) is 3.34. The molecular weight excluding hydrogens is 300 g/mol. The smallest absolute Gasteiger partial charge is 0.107 e. The fourth-order valence-corrected chi connectivity index (χ4v) is 6.58. The van der Waals surface area contributed by atoms with Crippen LogP contribution in [-0.2, 0) is 6.54 Å². The monoisotopic (exact) mass is 324 g/mol. The van der Waals surface area contributed by atoms with Gasteiger partial charge in [0.15, 0.2) is 0 Å². The highest BCUT2D eigenvalue weighted by molar-refractivity contribution is 7.15. The molecule has 1 N–H and O–H groups in total. The molecule has 1 aromatic heterocycles. The van der Waals surface area contributed by atoms with Gasteiger partial charge in [0, 0.05) is 18.3 Å². The van der Waals surface area contributed by atoms with E-state index in [0.29, 0.717) is 5.54 Å². The molecule has 0 atom stereocenters. The van der Waals surface area contributed by atoms with E-state index in [1.807, 2.05) is 17.5 Å². The van der Waals surface area contributed by atoms with Crippen molar-refractivity contribution in [1.82, 2.24) is 10.3 Å². The molecule has 4 bridgehead atoms. The van der Waals surface area contributed by atoms with Crippen molar-refractivity contribution in [3.05, 3.63) is 41.5 Å². The molecule has 120 valence electrons. The molecule has 0 unspecified atom stereocenters. The average molecular weight is 324 g/mol. The summed E-state index contributed by atoms with van der Waals surface area (Å²) in [6.07, 6.45) is 10.8. The number of hydrogen-bond donors (Lipinski definition) is 1. The summed E-state index contributed by atoms with van der Waals surface area (Å²) in [6.45, 7) is 0.948. The number of hydrogen-bond acceptors (Lipinski definition) is 3. The minimum atomic E-state index is 0.438. The van der Waals surface area contributed by atoms with Gasteiger partial charge in [-0.3, -0.25) is 0 Å². The molecule has 0 saturated heterocycles. The van der Waals surface area contributed by atoms with Gasteiger partial charge in [-0.1, -0.05) is 30.3 Å². The maximum atomic E-state index is 4.67. The molecule has 2 nitrogen and oxygen atoms in total. The molecule has 4 aliphatic rings. The second kappa shape index (κ2) is 5.42. The highest BCUT2D eigenvalue weighted by Gasteiger charge is 2.50. The zero-order chi connectivity index (χ0) is 15.3. The number of rotatable bonds is 4. The van der Waals surface area contributed by atoms with Gasteiger partial charge in [-0.25, -0.2) is 4.98 Å². The van der Waals surface area contributed by atoms with Crippen LogP contribution in [0.3, 0.4) is 0 Å². The summed E-state index contributed by atoms with van der Waals surface area (Å²) in [4.78, 5) is 5.95. The predicted molar refractivity (Wildman–Crippen MR) is 95.3 cm³/mol. The maximum Gasteiger partial charge on any atom is 0.107 e. The van der Waals surface area contributed by atoms with Crippen LogP contribution < -0.4 is 5.32 Å². The number of nitrogens with one attached hydrogen (secondary N) is 1. The van der Waals surface area contributed by atoms with Crippen LogP contribution in [0, 0.1) is 17.8 Å². The van der Waals surface area contributed by atoms with Crippen molar-refractivity contribution in [3.63, 3.8) is 0 Å². The van der Waals surface area contributed by atoms with E-state index in [4.69, 9.17) is 0 Å².